The number of nitrogens with zero attached hydrogens (tertiary/aromatic N) is 1. The molecule has 18 heavy (non-hydrogen) atoms. The summed E-state index contributed by atoms with van der Waals surface area (Å²) in [5.74, 6) is 0. The minimum Gasteiger partial charge on any atom is -0.316 e. The van der Waals surface area contributed by atoms with Gasteiger partial charge < -0.3 is 4.57 Å². The molecule has 3 rings (SSSR count). The number of hydrogen-bond donors (Lipinski definition) is 0. The number of carbonyl (C=O) groups excluding carboxylic acids is 1. The first-order valence-electron chi connectivity index (χ1n) is 5.61. The molecule has 0 aliphatic carbocycles. The van der Waals surface area contributed by atoms with Crippen LogP contribution in [0.15, 0.2) is 59.2 Å². The van der Waals surface area contributed by atoms with Crippen LogP contribution in [0.1, 0.15) is 10.4 Å². The van der Waals surface area contributed by atoms with E-state index < -0.39 is 0 Å². The van der Waals surface area contributed by atoms with E-state index in [1.54, 1.807) is 0 Å². The van der Waals surface area contributed by atoms with E-state index in [1.165, 1.54) is 0 Å². The van der Waals surface area contributed by atoms with E-state index in [0.717, 1.165) is 27.3 Å². The first kappa shape index (κ1) is 11.2. The zero-order valence-corrected chi connectivity index (χ0v) is 11.1. The third-order valence-electron chi connectivity index (χ3n) is 3.01. The fraction of sp³-hybridized carbons (Fsp3) is 0. The molecule has 0 saturated carbocycles. The summed E-state index contributed by atoms with van der Waals surface area (Å²) < 4.78 is 2.84. The van der Waals surface area contributed by atoms with Crippen LogP contribution in [0, 0.1) is 0 Å². The van der Waals surface area contributed by atoms with Crippen LogP contribution in [0.25, 0.3) is 16.6 Å². The quantitative estimate of drug-likeness (QED) is 0.650. The van der Waals surface area contributed by atoms with Crippen LogP contribution >= 0.6 is 15.9 Å². The summed E-state index contributed by atoms with van der Waals surface area (Å²) >= 11 is 3.41. The third-order valence-corrected chi connectivity index (χ3v) is 3.70. The average Bonchev–Trinajstić information content (AvgIpc) is 2.82. The fourth-order valence-electron chi connectivity index (χ4n) is 2.15. The highest BCUT2D eigenvalue weighted by Gasteiger charge is 2.09. The van der Waals surface area contributed by atoms with Crippen LogP contribution in [0.5, 0.6) is 0 Å². The van der Waals surface area contributed by atoms with Gasteiger partial charge in [-0.2, -0.15) is 0 Å². The number of hydrogen-bond acceptors (Lipinski definition) is 1. The normalized spacial score (nSPS) is 10.7. The van der Waals surface area contributed by atoms with Crippen molar-refractivity contribution in [2.75, 3.05) is 0 Å². The summed E-state index contributed by atoms with van der Waals surface area (Å²) in [6.45, 7) is 0. The number of para-hydroxylation sites is 1. The van der Waals surface area contributed by atoms with Crippen LogP contribution in [-0.2, 0) is 0 Å². The van der Waals surface area contributed by atoms with Gasteiger partial charge in [-0.3, -0.25) is 4.79 Å². The Labute approximate surface area is 113 Å². The van der Waals surface area contributed by atoms with Gasteiger partial charge in [-0.1, -0.05) is 24.3 Å². The van der Waals surface area contributed by atoms with Gasteiger partial charge in [0.15, 0.2) is 6.29 Å². The van der Waals surface area contributed by atoms with Crippen LogP contribution in [-0.4, -0.2) is 10.9 Å². The van der Waals surface area contributed by atoms with Crippen molar-refractivity contribution in [2.45, 2.75) is 0 Å². The standard InChI is InChI=1S/C15H10BrNO/c16-13-5-3-7-15(12(13)10-18)17-9-8-11-4-1-2-6-14(11)17/h1-10H. The van der Waals surface area contributed by atoms with Gasteiger partial charge in [0, 0.05) is 10.7 Å². The maximum absolute atomic E-state index is 11.2. The first-order chi connectivity index (χ1) is 8.81. The van der Waals surface area contributed by atoms with E-state index in [2.05, 4.69) is 22.0 Å². The number of fused-ring (bicyclic) bond motifs is 1. The molecule has 2 nitrogen and oxygen atoms in total. The lowest BCUT2D eigenvalue weighted by atomic mass is 10.2. The van der Waals surface area contributed by atoms with Crippen molar-refractivity contribution in [2.24, 2.45) is 0 Å². The van der Waals surface area contributed by atoms with Crippen molar-refractivity contribution in [1.82, 2.24) is 4.57 Å². The minimum absolute atomic E-state index is 0.666. The molecule has 0 aliphatic heterocycles. The van der Waals surface area contributed by atoms with E-state index >= 15 is 0 Å². The average molecular weight is 300 g/mol. The highest BCUT2D eigenvalue weighted by Crippen LogP contribution is 2.26. The Balaban J connectivity index is 2.33. The molecule has 2 aromatic carbocycles. The van der Waals surface area contributed by atoms with Crippen molar-refractivity contribution in [1.29, 1.82) is 0 Å². The van der Waals surface area contributed by atoms with E-state index in [0.29, 0.717) is 5.56 Å². The molecule has 0 radical (unpaired) electrons. The summed E-state index contributed by atoms with van der Waals surface area (Å²) in [6.07, 6.45) is 2.87. The highest BCUT2D eigenvalue weighted by molar-refractivity contribution is 9.10. The van der Waals surface area contributed by atoms with Crippen molar-refractivity contribution in [3.05, 3.63) is 64.8 Å². The van der Waals surface area contributed by atoms with Gasteiger partial charge >= 0.3 is 0 Å². The molecule has 1 heterocycles. The molecule has 1 aromatic heterocycles. The number of benzene rings is 2. The Hall–Kier alpha value is -1.87. The molecule has 3 aromatic rings. The van der Waals surface area contributed by atoms with Crippen LogP contribution < -0.4 is 0 Å². The fourth-order valence-corrected chi connectivity index (χ4v) is 2.59. The zero-order chi connectivity index (χ0) is 12.5. The van der Waals surface area contributed by atoms with Gasteiger partial charge in [0.25, 0.3) is 0 Å². The summed E-state index contributed by atoms with van der Waals surface area (Å²) in [5.41, 5.74) is 2.65. The molecule has 0 spiro atoms. The minimum atomic E-state index is 0.666. The number of rotatable bonds is 2. The smallest absolute Gasteiger partial charge is 0.153 e. The van der Waals surface area contributed by atoms with Crippen LogP contribution in [0.2, 0.25) is 0 Å². The number of aldehydes is 1. The second-order valence-electron chi connectivity index (χ2n) is 4.04. The topological polar surface area (TPSA) is 22.0 Å². The van der Waals surface area contributed by atoms with Gasteiger partial charge in [-0.25, -0.2) is 0 Å². The van der Waals surface area contributed by atoms with E-state index in [1.807, 2.05) is 53.2 Å². The summed E-state index contributed by atoms with van der Waals surface area (Å²) in [5, 5.41) is 1.16. The van der Waals surface area contributed by atoms with Crippen molar-refractivity contribution in [3.63, 3.8) is 0 Å². The second kappa shape index (κ2) is 4.42. The lowest BCUT2D eigenvalue weighted by Gasteiger charge is -2.09. The van der Waals surface area contributed by atoms with Gasteiger partial charge in [0.05, 0.1) is 16.8 Å². The zero-order valence-electron chi connectivity index (χ0n) is 9.51. The van der Waals surface area contributed by atoms with E-state index in [4.69, 9.17) is 0 Å². The lowest BCUT2D eigenvalue weighted by Crippen LogP contribution is -1.98. The second-order valence-corrected chi connectivity index (χ2v) is 4.89. The summed E-state index contributed by atoms with van der Waals surface area (Å²) in [7, 11) is 0. The Morgan fingerprint density at radius 3 is 2.67 bits per heavy atom. The molecule has 0 unspecified atom stereocenters. The predicted octanol–water partition coefficient (Wildman–Crippen LogP) is 4.21. The first-order valence-corrected chi connectivity index (χ1v) is 6.41. The van der Waals surface area contributed by atoms with Crippen molar-refractivity contribution in [3.8, 4) is 5.69 Å². The van der Waals surface area contributed by atoms with Gasteiger partial charge in [0.1, 0.15) is 0 Å². The summed E-state index contributed by atoms with van der Waals surface area (Å²) in [4.78, 5) is 11.2. The highest BCUT2D eigenvalue weighted by atomic mass is 79.9. The van der Waals surface area contributed by atoms with Gasteiger partial charge in [0.2, 0.25) is 0 Å². The maximum Gasteiger partial charge on any atom is 0.153 e. The largest absolute Gasteiger partial charge is 0.316 e. The van der Waals surface area contributed by atoms with Crippen LogP contribution in [0.4, 0.5) is 0 Å². The van der Waals surface area contributed by atoms with E-state index in [-0.39, 0.29) is 0 Å². The molecule has 0 atom stereocenters. The molecule has 0 saturated heterocycles. The summed E-state index contributed by atoms with van der Waals surface area (Å²) in [6, 6.07) is 15.9. The maximum atomic E-state index is 11.2. The Morgan fingerprint density at radius 2 is 1.83 bits per heavy atom. The van der Waals surface area contributed by atoms with Crippen molar-refractivity contribution >= 4 is 33.1 Å². The lowest BCUT2D eigenvalue weighted by molar-refractivity contribution is 0.112. The molecule has 0 bridgehead atoms. The number of halogens is 1. The number of aromatic nitrogens is 1. The van der Waals surface area contributed by atoms with E-state index in [9.17, 15) is 4.79 Å². The molecule has 3 heteroatoms. The SMILES string of the molecule is O=Cc1c(Br)cccc1-n1ccc2ccccc21. The van der Waals surface area contributed by atoms with Crippen molar-refractivity contribution < 1.29 is 4.79 Å². The van der Waals surface area contributed by atoms with Crippen LogP contribution in [0.3, 0.4) is 0 Å². The Kier molecular flexibility index (Phi) is 2.76. The molecule has 88 valence electrons. The molecule has 0 fully saturated rings. The molecular weight excluding hydrogens is 290 g/mol. The molecule has 0 amide bonds. The third kappa shape index (κ3) is 1.68. The molecule has 0 aliphatic rings. The van der Waals surface area contributed by atoms with Gasteiger partial charge in [-0.15, -0.1) is 0 Å². The molecular formula is C15H10BrNO. The Morgan fingerprint density at radius 1 is 1.00 bits per heavy atom. The number of carbonyl (C=O) groups is 1. The predicted molar refractivity (Wildman–Crippen MR) is 76.4 cm³/mol. The van der Waals surface area contributed by atoms with Gasteiger partial charge in [-0.05, 0) is 45.6 Å². The monoisotopic (exact) mass is 299 g/mol. The Bertz CT molecular complexity index is 730. The molecule has 0 N–H and O–H groups in total.